The molecule has 1 aromatic carbocycles. The summed E-state index contributed by atoms with van der Waals surface area (Å²) < 4.78 is 0. The van der Waals surface area contributed by atoms with Crippen LogP contribution in [-0.4, -0.2) is 17.6 Å². The van der Waals surface area contributed by atoms with E-state index < -0.39 is 5.60 Å². The van der Waals surface area contributed by atoms with Crippen molar-refractivity contribution in [1.82, 2.24) is 5.32 Å². The van der Waals surface area contributed by atoms with Crippen LogP contribution in [0, 0.1) is 5.92 Å². The molecule has 1 unspecified atom stereocenters. The zero-order chi connectivity index (χ0) is 15.6. The zero-order valence-electron chi connectivity index (χ0n) is 12.7. The van der Waals surface area contributed by atoms with Crippen LogP contribution in [0.2, 0.25) is 0 Å². The molecule has 3 rings (SSSR count). The van der Waals surface area contributed by atoms with E-state index in [2.05, 4.69) is 12.2 Å². The maximum Gasteiger partial charge on any atom is 0.251 e. The molecule has 2 aromatic rings. The third-order valence-corrected chi connectivity index (χ3v) is 5.38. The Bertz CT molecular complexity index is 632. The number of carbonyl (C=O) groups excluding carboxylic acids is 1. The molecule has 1 aliphatic rings. The molecule has 116 valence electrons. The van der Waals surface area contributed by atoms with Gasteiger partial charge < -0.3 is 10.4 Å². The van der Waals surface area contributed by atoms with Gasteiger partial charge in [0.2, 0.25) is 0 Å². The van der Waals surface area contributed by atoms with Crippen LogP contribution in [-0.2, 0) is 12.0 Å². The Morgan fingerprint density at radius 3 is 2.59 bits per heavy atom. The lowest BCUT2D eigenvalue weighted by Gasteiger charge is -2.27. The number of hydrogen-bond donors (Lipinski definition) is 2. The van der Waals surface area contributed by atoms with E-state index in [0.29, 0.717) is 5.56 Å². The largest absolute Gasteiger partial charge is 0.382 e. The van der Waals surface area contributed by atoms with Gasteiger partial charge >= 0.3 is 0 Å². The molecule has 1 aromatic heterocycles. The molecule has 1 saturated carbocycles. The summed E-state index contributed by atoms with van der Waals surface area (Å²) >= 11 is 1.55. The Morgan fingerprint density at radius 1 is 1.32 bits per heavy atom. The summed E-state index contributed by atoms with van der Waals surface area (Å²) in [4.78, 5) is 13.2. The van der Waals surface area contributed by atoms with Crippen LogP contribution in [0.5, 0.6) is 0 Å². The smallest absolute Gasteiger partial charge is 0.251 e. The fourth-order valence-electron chi connectivity index (χ4n) is 2.73. The highest BCUT2D eigenvalue weighted by atomic mass is 32.1. The van der Waals surface area contributed by atoms with E-state index in [0.717, 1.165) is 24.1 Å². The highest BCUT2D eigenvalue weighted by molar-refractivity contribution is 7.10. The molecule has 1 atom stereocenters. The fourth-order valence-corrected chi connectivity index (χ4v) is 3.63. The van der Waals surface area contributed by atoms with E-state index in [1.165, 1.54) is 5.56 Å². The van der Waals surface area contributed by atoms with Crippen molar-refractivity contribution in [1.29, 1.82) is 0 Å². The average molecular weight is 315 g/mol. The predicted octanol–water partition coefficient (Wildman–Crippen LogP) is 3.34. The van der Waals surface area contributed by atoms with E-state index >= 15 is 0 Å². The predicted molar refractivity (Wildman–Crippen MR) is 89.1 cm³/mol. The van der Waals surface area contributed by atoms with E-state index in [4.69, 9.17) is 0 Å². The third-order valence-electron chi connectivity index (χ3n) is 4.34. The maximum atomic E-state index is 12.3. The molecule has 0 spiro atoms. The second kappa shape index (κ2) is 6.23. The Hall–Kier alpha value is -1.65. The van der Waals surface area contributed by atoms with Crippen LogP contribution in [0.1, 0.15) is 40.6 Å². The molecule has 0 bridgehead atoms. The first-order valence-corrected chi connectivity index (χ1v) is 8.65. The molecule has 1 fully saturated rings. The molecule has 2 N–H and O–H groups in total. The minimum absolute atomic E-state index is 0.127. The zero-order valence-corrected chi connectivity index (χ0v) is 13.5. The van der Waals surface area contributed by atoms with Crippen LogP contribution in [0.15, 0.2) is 41.8 Å². The lowest BCUT2D eigenvalue weighted by molar-refractivity contribution is 0.0169. The van der Waals surface area contributed by atoms with Crippen LogP contribution in [0.4, 0.5) is 0 Å². The molecule has 1 aliphatic carbocycles. The number of aryl methyl sites for hydroxylation is 1. The Balaban J connectivity index is 1.68. The summed E-state index contributed by atoms with van der Waals surface area (Å²) in [5, 5.41) is 15.9. The van der Waals surface area contributed by atoms with Crippen LogP contribution in [0.25, 0.3) is 0 Å². The molecule has 0 saturated heterocycles. The standard InChI is InChI=1S/C18H21NO2S/c1-2-13-5-7-14(8-6-13)17(20)19-12-18(21,15-9-10-15)16-4-3-11-22-16/h3-8,11,15,21H,2,9-10,12H2,1H3,(H,19,20). The number of carbonyl (C=O) groups is 1. The SMILES string of the molecule is CCc1ccc(C(=O)NCC(O)(c2cccs2)C2CC2)cc1. The monoisotopic (exact) mass is 315 g/mol. The number of aliphatic hydroxyl groups is 1. The van der Waals surface area contributed by atoms with Gasteiger partial charge in [0.25, 0.3) is 5.91 Å². The summed E-state index contributed by atoms with van der Waals surface area (Å²) in [6, 6.07) is 11.5. The first-order valence-electron chi connectivity index (χ1n) is 7.77. The molecule has 4 heteroatoms. The number of rotatable bonds is 6. The van der Waals surface area contributed by atoms with Crippen LogP contribution in [0.3, 0.4) is 0 Å². The van der Waals surface area contributed by atoms with Gasteiger partial charge in [-0.25, -0.2) is 0 Å². The molecular formula is C18H21NO2S. The minimum Gasteiger partial charge on any atom is -0.382 e. The first kappa shape index (κ1) is 15.3. The van der Waals surface area contributed by atoms with Crippen molar-refractivity contribution in [3.8, 4) is 0 Å². The van der Waals surface area contributed by atoms with Crippen molar-refractivity contribution in [2.24, 2.45) is 5.92 Å². The number of hydrogen-bond acceptors (Lipinski definition) is 3. The van der Waals surface area contributed by atoms with Gasteiger partial charge in [-0.3, -0.25) is 4.79 Å². The summed E-state index contributed by atoms with van der Waals surface area (Å²) in [6.45, 7) is 2.36. The highest BCUT2D eigenvalue weighted by Gasteiger charge is 2.45. The lowest BCUT2D eigenvalue weighted by Crippen LogP contribution is -2.42. The van der Waals surface area contributed by atoms with Crippen LogP contribution >= 0.6 is 11.3 Å². The summed E-state index contributed by atoms with van der Waals surface area (Å²) in [6.07, 6.45) is 3.01. The van der Waals surface area contributed by atoms with E-state index in [1.54, 1.807) is 11.3 Å². The molecule has 1 amide bonds. The highest BCUT2D eigenvalue weighted by Crippen LogP contribution is 2.46. The quantitative estimate of drug-likeness (QED) is 0.859. The van der Waals surface area contributed by atoms with Gasteiger partial charge in [-0.1, -0.05) is 25.1 Å². The van der Waals surface area contributed by atoms with Crippen molar-refractivity contribution < 1.29 is 9.90 Å². The van der Waals surface area contributed by atoms with Gasteiger partial charge in [-0.15, -0.1) is 11.3 Å². The maximum absolute atomic E-state index is 12.3. The Morgan fingerprint density at radius 2 is 2.05 bits per heavy atom. The van der Waals surface area contributed by atoms with Crippen molar-refractivity contribution in [3.63, 3.8) is 0 Å². The van der Waals surface area contributed by atoms with Crippen molar-refractivity contribution >= 4 is 17.2 Å². The van der Waals surface area contributed by atoms with E-state index in [9.17, 15) is 9.90 Å². The number of benzene rings is 1. The van der Waals surface area contributed by atoms with Gasteiger partial charge in [0.05, 0.1) is 6.54 Å². The molecule has 1 heterocycles. The van der Waals surface area contributed by atoms with Gasteiger partial charge in [0.1, 0.15) is 5.60 Å². The first-order chi connectivity index (χ1) is 10.6. The normalized spacial score (nSPS) is 17.0. The average Bonchev–Trinajstić information content (AvgIpc) is 3.27. The summed E-state index contributed by atoms with van der Waals surface area (Å²) in [5.74, 6) is 0.132. The van der Waals surface area contributed by atoms with E-state index in [-0.39, 0.29) is 18.4 Å². The van der Waals surface area contributed by atoms with Gasteiger partial charge in [-0.2, -0.15) is 0 Å². The molecule has 3 nitrogen and oxygen atoms in total. The molecule has 0 aliphatic heterocycles. The minimum atomic E-state index is -0.923. The fraction of sp³-hybridized carbons (Fsp3) is 0.389. The second-order valence-electron chi connectivity index (χ2n) is 5.91. The van der Waals surface area contributed by atoms with Crippen molar-refractivity contribution in [2.45, 2.75) is 31.8 Å². The van der Waals surface area contributed by atoms with Crippen molar-refractivity contribution in [2.75, 3.05) is 6.54 Å². The van der Waals surface area contributed by atoms with Crippen molar-refractivity contribution in [3.05, 3.63) is 57.8 Å². The topological polar surface area (TPSA) is 49.3 Å². The number of thiophene rings is 1. The van der Waals surface area contributed by atoms with Gasteiger partial charge in [-0.05, 0) is 54.3 Å². The van der Waals surface area contributed by atoms with Gasteiger partial charge in [0, 0.05) is 10.4 Å². The van der Waals surface area contributed by atoms with Gasteiger partial charge in [0.15, 0.2) is 0 Å². The van der Waals surface area contributed by atoms with Crippen LogP contribution < -0.4 is 5.32 Å². The summed E-state index contributed by atoms with van der Waals surface area (Å²) in [5.41, 5.74) is 0.929. The summed E-state index contributed by atoms with van der Waals surface area (Å²) in [7, 11) is 0. The molecule has 22 heavy (non-hydrogen) atoms. The Kier molecular flexibility index (Phi) is 4.32. The lowest BCUT2D eigenvalue weighted by atomic mass is 9.95. The number of amides is 1. The molecular weight excluding hydrogens is 294 g/mol. The Labute approximate surface area is 135 Å². The molecule has 0 radical (unpaired) electrons. The number of nitrogens with one attached hydrogen (secondary N) is 1. The second-order valence-corrected chi connectivity index (χ2v) is 6.86. The third kappa shape index (κ3) is 3.08. The van der Waals surface area contributed by atoms with E-state index in [1.807, 2.05) is 41.8 Å².